The van der Waals surface area contributed by atoms with Crippen molar-refractivity contribution >= 4 is 5.91 Å². The van der Waals surface area contributed by atoms with Gasteiger partial charge in [-0.25, -0.2) is 0 Å². The van der Waals surface area contributed by atoms with Crippen LogP contribution in [-0.2, 0) is 4.79 Å². The van der Waals surface area contributed by atoms with Crippen molar-refractivity contribution in [1.29, 1.82) is 0 Å². The molecule has 3 heteroatoms. The van der Waals surface area contributed by atoms with E-state index in [0.717, 1.165) is 38.1 Å². The number of carbonyl (C=O) groups is 1. The quantitative estimate of drug-likeness (QED) is 0.807. The minimum absolute atomic E-state index is 0.226. The molecule has 0 aromatic carbocycles. The predicted octanol–water partition coefficient (Wildman–Crippen LogP) is 2.45. The highest BCUT2D eigenvalue weighted by atomic mass is 16.2. The molecule has 0 aromatic rings. The van der Waals surface area contributed by atoms with Crippen molar-refractivity contribution in [3.8, 4) is 0 Å². The molecule has 0 bridgehead atoms. The highest BCUT2D eigenvalue weighted by Gasteiger charge is 2.38. The molecule has 1 amide bonds. The largest absolute Gasteiger partial charge is 0.355 e. The van der Waals surface area contributed by atoms with E-state index in [1.165, 1.54) is 25.7 Å². The van der Waals surface area contributed by atoms with Gasteiger partial charge >= 0.3 is 0 Å². The molecule has 2 fully saturated rings. The molecule has 0 aromatic heterocycles. The fourth-order valence-corrected chi connectivity index (χ4v) is 3.69. The minimum Gasteiger partial charge on any atom is -0.355 e. The molecule has 3 N–H and O–H groups in total. The topological polar surface area (TPSA) is 55.1 Å². The van der Waals surface area contributed by atoms with E-state index in [-0.39, 0.29) is 11.3 Å². The van der Waals surface area contributed by atoms with E-state index in [4.69, 9.17) is 5.73 Å². The van der Waals surface area contributed by atoms with Crippen molar-refractivity contribution in [1.82, 2.24) is 5.32 Å². The molecule has 2 atom stereocenters. The normalized spacial score (nSPS) is 31.2. The Kier molecular flexibility index (Phi) is 4.66. The molecule has 2 aliphatic rings. The van der Waals surface area contributed by atoms with E-state index in [1.54, 1.807) is 0 Å². The van der Waals surface area contributed by atoms with Crippen LogP contribution < -0.4 is 11.1 Å². The van der Waals surface area contributed by atoms with E-state index >= 15 is 0 Å². The third-order valence-corrected chi connectivity index (χ3v) is 5.25. The number of rotatable bonds is 4. The summed E-state index contributed by atoms with van der Waals surface area (Å²) in [6, 6.07) is 0. The molecule has 0 heterocycles. The van der Waals surface area contributed by atoms with Crippen molar-refractivity contribution in [2.75, 3.05) is 13.1 Å². The van der Waals surface area contributed by atoms with Gasteiger partial charge in [0.05, 0.1) is 5.41 Å². The van der Waals surface area contributed by atoms with Gasteiger partial charge in [-0.1, -0.05) is 39.0 Å². The molecule has 3 nitrogen and oxygen atoms in total. The SMILES string of the molecule is CC1CCCC1CNC(=O)C1(CN)CCCCC1. The lowest BCUT2D eigenvalue weighted by molar-refractivity contribution is -0.132. The Hall–Kier alpha value is -0.570. The maximum atomic E-state index is 12.4. The van der Waals surface area contributed by atoms with Gasteiger partial charge in [0.15, 0.2) is 0 Å². The number of nitrogens with one attached hydrogen (secondary N) is 1. The third-order valence-electron chi connectivity index (χ3n) is 5.25. The first kappa shape index (κ1) is 13.9. The second-order valence-corrected chi connectivity index (χ2v) is 6.42. The first-order valence-corrected chi connectivity index (χ1v) is 7.66. The van der Waals surface area contributed by atoms with E-state index in [1.807, 2.05) is 0 Å². The highest BCUT2D eigenvalue weighted by Crippen LogP contribution is 2.36. The molecule has 2 saturated carbocycles. The number of amides is 1. The summed E-state index contributed by atoms with van der Waals surface area (Å²) in [5.41, 5.74) is 5.64. The molecule has 0 spiro atoms. The van der Waals surface area contributed by atoms with Gasteiger partial charge in [0.2, 0.25) is 5.91 Å². The van der Waals surface area contributed by atoms with Crippen LogP contribution in [0.1, 0.15) is 58.3 Å². The van der Waals surface area contributed by atoms with Crippen LogP contribution in [0, 0.1) is 17.3 Å². The molecule has 2 unspecified atom stereocenters. The molecule has 0 saturated heterocycles. The average Bonchev–Trinajstić information content (AvgIpc) is 2.82. The number of hydrogen-bond acceptors (Lipinski definition) is 2. The van der Waals surface area contributed by atoms with Crippen LogP contribution in [0.5, 0.6) is 0 Å². The fourth-order valence-electron chi connectivity index (χ4n) is 3.69. The molecule has 2 rings (SSSR count). The second-order valence-electron chi connectivity index (χ2n) is 6.42. The molecule has 0 radical (unpaired) electrons. The molecular formula is C15H28N2O. The van der Waals surface area contributed by atoms with Crippen molar-refractivity contribution in [3.05, 3.63) is 0 Å². The first-order chi connectivity index (χ1) is 8.68. The van der Waals surface area contributed by atoms with Gasteiger partial charge in [-0.2, -0.15) is 0 Å². The number of nitrogens with two attached hydrogens (primary N) is 1. The van der Waals surface area contributed by atoms with Gasteiger partial charge in [-0.3, -0.25) is 4.79 Å². The van der Waals surface area contributed by atoms with E-state index in [2.05, 4.69) is 12.2 Å². The van der Waals surface area contributed by atoms with Gasteiger partial charge in [0.1, 0.15) is 0 Å². The maximum absolute atomic E-state index is 12.4. The lowest BCUT2D eigenvalue weighted by atomic mass is 9.73. The standard InChI is InChI=1S/C15H28N2O/c1-12-6-5-7-13(12)10-17-14(18)15(11-16)8-3-2-4-9-15/h12-13H,2-11,16H2,1H3,(H,17,18). The van der Waals surface area contributed by atoms with Gasteiger partial charge in [0, 0.05) is 13.1 Å². The van der Waals surface area contributed by atoms with E-state index < -0.39 is 0 Å². The summed E-state index contributed by atoms with van der Waals surface area (Å²) in [4.78, 5) is 12.4. The average molecular weight is 252 g/mol. The monoisotopic (exact) mass is 252 g/mol. The Morgan fingerprint density at radius 1 is 1.22 bits per heavy atom. The van der Waals surface area contributed by atoms with Crippen molar-refractivity contribution < 1.29 is 4.79 Å². The van der Waals surface area contributed by atoms with E-state index in [9.17, 15) is 4.79 Å². The highest BCUT2D eigenvalue weighted by molar-refractivity contribution is 5.83. The zero-order chi connectivity index (χ0) is 13.0. The van der Waals surface area contributed by atoms with Crippen LogP contribution >= 0.6 is 0 Å². The lowest BCUT2D eigenvalue weighted by Crippen LogP contribution is -2.48. The van der Waals surface area contributed by atoms with Gasteiger partial charge in [-0.15, -0.1) is 0 Å². The zero-order valence-corrected chi connectivity index (χ0v) is 11.7. The molecular weight excluding hydrogens is 224 g/mol. The summed E-state index contributed by atoms with van der Waals surface area (Å²) < 4.78 is 0. The summed E-state index contributed by atoms with van der Waals surface area (Å²) in [6.45, 7) is 3.68. The second kappa shape index (κ2) is 6.05. The zero-order valence-electron chi connectivity index (χ0n) is 11.7. The molecule has 104 valence electrons. The lowest BCUT2D eigenvalue weighted by Gasteiger charge is -2.35. The van der Waals surface area contributed by atoms with E-state index in [0.29, 0.717) is 12.5 Å². The summed E-state index contributed by atoms with van der Waals surface area (Å²) in [5.74, 6) is 1.68. The molecule has 2 aliphatic carbocycles. The Morgan fingerprint density at radius 3 is 2.50 bits per heavy atom. The maximum Gasteiger partial charge on any atom is 0.227 e. The van der Waals surface area contributed by atoms with Crippen molar-refractivity contribution in [2.24, 2.45) is 23.0 Å². The summed E-state index contributed by atoms with van der Waals surface area (Å²) in [7, 11) is 0. The predicted molar refractivity (Wildman–Crippen MR) is 74.1 cm³/mol. The summed E-state index contributed by atoms with van der Waals surface area (Å²) in [6.07, 6.45) is 9.46. The summed E-state index contributed by atoms with van der Waals surface area (Å²) >= 11 is 0. The Labute approximate surface area is 111 Å². The van der Waals surface area contributed by atoms with Gasteiger partial charge < -0.3 is 11.1 Å². The fraction of sp³-hybridized carbons (Fsp3) is 0.933. The van der Waals surface area contributed by atoms with Crippen molar-refractivity contribution in [2.45, 2.75) is 58.3 Å². The number of carbonyl (C=O) groups excluding carboxylic acids is 1. The van der Waals surface area contributed by atoms with Gasteiger partial charge in [0.25, 0.3) is 0 Å². The first-order valence-electron chi connectivity index (χ1n) is 7.66. The molecule has 0 aliphatic heterocycles. The third kappa shape index (κ3) is 2.87. The Morgan fingerprint density at radius 2 is 1.94 bits per heavy atom. The minimum atomic E-state index is -0.250. The smallest absolute Gasteiger partial charge is 0.227 e. The van der Waals surface area contributed by atoms with Crippen LogP contribution in [0.2, 0.25) is 0 Å². The summed E-state index contributed by atoms with van der Waals surface area (Å²) in [5, 5.41) is 3.20. The Balaban J connectivity index is 1.85. The van der Waals surface area contributed by atoms with Crippen LogP contribution in [-0.4, -0.2) is 19.0 Å². The van der Waals surface area contributed by atoms with Crippen LogP contribution in [0.4, 0.5) is 0 Å². The number of hydrogen-bond donors (Lipinski definition) is 2. The van der Waals surface area contributed by atoms with Crippen LogP contribution in [0.3, 0.4) is 0 Å². The Bertz CT molecular complexity index is 284. The van der Waals surface area contributed by atoms with Crippen LogP contribution in [0.15, 0.2) is 0 Å². The van der Waals surface area contributed by atoms with Crippen LogP contribution in [0.25, 0.3) is 0 Å². The van der Waals surface area contributed by atoms with Crippen molar-refractivity contribution in [3.63, 3.8) is 0 Å². The van der Waals surface area contributed by atoms with Gasteiger partial charge in [-0.05, 0) is 31.1 Å². The molecule has 18 heavy (non-hydrogen) atoms.